The molecule has 0 aliphatic heterocycles. The van der Waals surface area contributed by atoms with Crippen LogP contribution in [0.2, 0.25) is 0 Å². The molecule has 0 heterocycles. The van der Waals surface area contributed by atoms with Crippen LogP contribution in [0.15, 0.2) is 24.3 Å². The van der Waals surface area contributed by atoms with E-state index in [2.05, 4.69) is 0 Å². The summed E-state index contributed by atoms with van der Waals surface area (Å²) in [5.41, 5.74) is 0.187. The molecular formula is C21H29NO6. The van der Waals surface area contributed by atoms with Gasteiger partial charge in [-0.25, -0.2) is 4.79 Å². The molecule has 0 saturated heterocycles. The number of carbonyl (C=O) groups is 3. The van der Waals surface area contributed by atoms with E-state index >= 15 is 0 Å². The van der Waals surface area contributed by atoms with Gasteiger partial charge in [-0.15, -0.1) is 0 Å². The van der Waals surface area contributed by atoms with E-state index in [4.69, 9.17) is 9.47 Å². The zero-order valence-electron chi connectivity index (χ0n) is 17.3. The maximum absolute atomic E-state index is 11.9. The fourth-order valence-corrected chi connectivity index (χ4v) is 2.39. The van der Waals surface area contributed by atoms with Crippen molar-refractivity contribution in [3.05, 3.63) is 29.8 Å². The Morgan fingerprint density at radius 1 is 1.21 bits per heavy atom. The van der Waals surface area contributed by atoms with Crippen LogP contribution in [-0.2, 0) is 9.59 Å². The lowest BCUT2D eigenvalue weighted by atomic mass is 10.0. The summed E-state index contributed by atoms with van der Waals surface area (Å²) in [5, 5.41) is 9.31. The van der Waals surface area contributed by atoms with E-state index in [-0.39, 0.29) is 24.7 Å². The van der Waals surface area contributed by atoms with Gasteiger partial charge in [-0.2, -0.15) is 0 Å². The van der Waals surface area contributed by atoms with Gasteiger partial charge in [0.2, 0.25) is 0 Å². The summed E-state index contributed by atoms with van der Waals surface area (Å²) in [6.45, 7) is 8.79. The van der Waals surface area contributed by atoms with E-state index in [0.29, 0.717) is 11.5 Å². The van der Waals surface area contributed by atoms with Crippen LogP contribution in [0, 0.1) is 5.92 Å². The van der Waals surface area contributed by atoms with Gasteiger partial charge in [0.05, 0.1) is 19.6 Å². The number of allylic oxidation sites excluding steroid dienone is 1. The van der Waals surface area contributed by atoms with E-state index in [1.54, 1.807) is 31.2 Å². The SMILES string of the molecule is COc1cc(C=CC(=O)C(C)C(C)=O)ccc1OCCN(C(=O)O)C(C)(C)C. The molecule has 7 nitrogen and oxygen atoms in total. The Labute approximate surface area is 165 Å². The highest BCUT2D eigenvalue weighted by Crippen LogP contribution is 2.29. The van der Waals surface area contributed by atoms with Gasteiger partial charge < -0.3 is 19.5 Å². The number of ether oxygens (including phenoxy) is 2. The van der Waals surface area contributed by atoms with Gasteiger partial charge >= 0.3 is 6.09 Å². The fourth-order valence-electron chi connectivity index (χ4n) is 2.39. The minimum atomic E-state index is -1.01. The molecule has 154 valence electrons. The first-order chi connectivity index (χ1) is 13.0. The van der Waals surface area contributed by atoms with Gasteiger partial charge in [0.15, 0.2) is 17.3 Å². The average molecular weight is 391 g/mol. The highest BCUT2D eigenvalue weighted by atomic mass is 16.5. The van der Waals surface area contributed by atoms with E-state index in [9.17, 15) is 19.5 Å². The van der Waals surface area contributed by atoms with Crippen molar-refractivity contribution < 1.29 is 29.0 Å². The molecule has 1 unspecified atom stereocenters. The maximum atomic E-state index is 11.9. The van der Waals surface area contributed by atoms with Crippen LogP contribution >= 0.6 is 0 Å². The van der Waals surface area contributed by atoms with Crippen LogP contribution in [0.3, 0.4) is 0 Å². The third-order valence-electron chi connectivity index (χ3n) is 4.28. The van der Waals surface area contributed by atoms with Crippen LogP contribution < -0.4 is 9.47 Å². The predicted molar refractivity (Wildman–Crippen MR) is 107 cm³/mol. The largest absolute Gasteiger partial charge is 0.493 e. The molecule has 7 heteroatoms. The Balaban J connectivity index is 2.82. The number of carboxylic acid groups (broad SMARTS) is 1. The van der Waals surface area contributed by atoms with Crippen molar-refractivity contribution >= 4 is 23.7 Å². The van der Waals surface area contributed by atoms with Gasteiger partial charge in [-0.05, 0) is 58.4 Å². The molecule has 0 aliphatic carbocycles. The Hall–Kier alpha value is -2.83. The summed E-state index contributed by atoms with van der Waals surface area (Å²) in [7, 11) is 1.50. The molecule has 0 aliphatic rings. The third kappa shape index (κ3) is 6.72. The number of benzene rings is 1. The van der Waals surface area contributed by atoms with E-state index < -0.39 is 17.6 Å². The second kappa shape index (κ2) is 9.92. The molecule has 0 radical (unpaired) electrons. The summed E-state index contributed by atoms with van der Waals surface area (Å²) in [5.74, 6) is -0.167. The molecule has 1 N–H and O–H groups in total. The highest BCUT2D eigenvalue weighted by molar-refractivity contribution is 6.07. The van der Waals surface area contributed by atoms with Gasteiger partial charge in [-0.1, -0.05) is 12.1 Å². The molecule has 1 aromatic rings. The Bertz CT molecular complexity index is 748. The quantitative estimate of drug-likeness (QED) is 0.510. The van der Waals surface area contributed by atoms with E-state index in [1.807, 2.05) is 20.8 Å². The van der Waals surface area contributed by atoms with Crippen molar-refractivity contribution in [2.45, 2.75) is 40.2 Å². The normalized spacial score (nSPS) is 12.5. The predicted octanol–water partition coefficient (Wildman–Crippen LogP) is 3.66. The maximum Gasteiger partial charge on any atom is 0.407 e. The minimum absolute atomic E-state index is 0.170. The Morgan fingerprint density at radius 2 is 1.86 bits per heavy atom. The molecule has 1 amide bonds. The molecule has 1 rings (SSSR count). The number of carbonyl (C=O) groups excluding carboxylic acids is 2. The fraction of sp³-hybridized carbons (Fsp3) is 0.476. The van der Waals surface area contributed by atoms with E-state index in [0.717, 1.165) is 5.56 Å². The lowest BCUT2D eigenvalue weighted by molar-refractivity contribution is -0.128. The van der Waals surface area contributed by atoms with Gasteiger partial charge in [0.25, 0.3) is 0 Å². The zero-order chi connectivity index (χ0) is 21.5. The first-order valence-electron chi connectivity index (χ1n) is 9.01. The van der Waals surface area contributed by atoms with Crippen molar-refractivity contribution in [3.63, 3.8) is 0 Å². The third-order valence-corrected chi connectivity index (χ3v) is 4.28. The molecule has 28 heavy (non-hydrogen) atoms. The summed E-state index contributed by atoms with van der Waals surface area (Å²) in [6, 6.07) is 5.15. The van der Waals surface area contributed by atoms with Crippen molar-refractivity contribution in [2.75, 3.05) is 20.3 Å². The number of methoxy groups -OCH3 is 1. The van der Waals surface area contributed by atoms with Crippen LogP contribution in [0.4, 0.5) is 4.79 Å². The van der Waals surface area contributed by atoms with Gasteiger partial charge in [0.1, 0.15) is 12.4 Å². The molecule has 0 saturated carbocycles. The second-order valence-corrected chi connectivity index (χ2v) is 7.43. The molecule has 0 aromatic heterocycles. The average Bonchev–Trinajstić information content (AvgIpc) is 2.61. The molecule has 0 fully saturated rings. The first kappa shape index (κ1) is 23.2. The molecule has 1 atom stereocenters. The topological polar surface area (TPSA) is 93.1 Å². The Kier molecular flexibility index (Phi) is 8.22. The number of hydrogen-bond donors (Lipinski definition) is 1. The van der Waals surface area contributed by atoms with Crippen LogP contribution in [0.5, 0.6) is 11.5 Å². The summed E-state index contributed by atoms with van der Waals surface area (Å²) >= 11 is 0. The number of nitrogens with zero attached hydrogens (tertiary/aromatic N) is 1. The van der Waals surface area contributed by atoms with Gasteiger partial charge in [0, 0.05) is 5.54 Å². The molecule has 0 bridgehead atoms. The molecule has 1 aromatic carbocycles. The monoisotopic (exact) mass is 391 g/mol. The number of ketones is 2. The Morgan fingerprint density at radius 3 is 2.36 bits per heavy atom. The highest BCUT2D eigenvalue weighted by Gasteiger charge is 2.25. The number of rotatable bonds is 9. The van der Waals surface area contributed by atoms with Crippen molar-refractivity contribution in [2.24, 2.45) is 5.92 Å². The van der Waals surface area contributed by atoms with E-state index in [1.165, 1.54) is 25.0 Å². The summed E-state index contributed by atoms with van der Waals surface area (Å²) < 4.78 is 11.0. The molecular weight excluding hydrogens is 362 g/mol. The number of amides is 1. The second-order valence-electron chi connectivity index (χ2n) is 7.43. The summed E-state index contributed by atoms with van der Waals surface area (Å²) in [6.07, 6.45) is 1.97. The number of Topliss-reactive ketones (excluding diaryl/α,β-unsaturated/α-hetero) is 1. The lowest BCUT2D eigenvalue weighted by Crippen LogP contribution is -2.46. The molecule has 0 spiro atoms. The van der Waals surface area contributed by atoms with Crippen molar-refractivity contribution in [3.8, 4) is 11.5 Å². The lowest BCUT2D eigenvalue weighted by Gasteiger charge is -2.33. The van der Waals surface area contributed by atoms with Crippen LogP contribution in [0.1, 0.15) is 40.2 Å². The summed E-state index contributed by atoms with van der Waals surface area (Å²) in [4.78, 5) is 35.8. The first-order valence-corrected chi connectivity index (χ1v) is 9.01. The number of hydrogen-bond acceptors (Lipinski definition) is 5. The van der Waals surface area contributed by atoms with Crippen molar-refractivity contribution in [1.29, 1.82) is 0 Å². The smallest absolute Gasteiger partial charge is 0.407 e. The minimum Gasteiger partial charge on any atom is -0.493 e. The van der Waals surface area contributed by atoms with Crippen LogP contribution in [0.25, 0.3) is 6.08 Å². The standard InChI is InChI=1S/C21H29NO6/c1-14(15(2)23)17(24)9-7-16-8-10-18(19(13-16)27-6)28-12-11-22(20(25)26)21(3,4)5/h7-10,13-14H,11-12H2,1-6H3,(H,25,26). The van der Waals surface area contributed by atoms with Crippen LogP contribution in [-0.4, -0.2) is 53.5 Å². The van der Waals surface area contributed by atoms with Gasteiger partial charge in [-0.3, -0.25) is 9.59 Å². The van der Waals surface area contributed by atoms with Crippen molar-refractivity contribution in [1.82, 2.24) is 4.90 Å². The zero-order valence-corrected chi connectivity index (χ0v) is 17.3.